The first-order valence-electron chi connectivity index (χ1n) is 5.08. The molecule has 0 spiro atoms. The fourth-order valence-corrected chi connectivity index (χ4v) is 1.51. The Morgan fingerprint density at radius 3 is 2.75 bits per heavy atom. The normalized spacial score (nSPS) is 10.8. The number of ketones is 1. The monoisotopic (exact) mass is 212 g/mol. The molecular formula is C13H12N2O. The molecule has 2 aromatic rings. The maximum absolute atomic E-state index is 11.7. The average molecular weight is 212 g/mol. The molecule has 0 N–H and O–H groups in total. The molecule has 0 saturated heterocycles. The van der Waals surface area contributed by atoms with Crippen molar-refractivity contribution in [3.8, 4) is 5.69 Å². The van der Waals surface area contributed by atoms with Gasteiger partial charge in [0.05, 0.1) is 0 Å². The quantitative estimate of drug-likeness (QED) is 0.579. The number of allylic oxidation sites excluding steroid dienone is 2. The molecule has 1 aromatic heterocycles. The summed E-state index contributed by atoms with van der Waals surface area (Å²) in [6, 6.07) is 9.68. The number of hydrogen-bond acceptors (Lipinski definition) is 2. The van der Waals surface area contributed by atoms with Crippen molar-refractivity contribution in [1.82, 2.24) is 9.55 Å². The van der Waals surface area contributed by atoms with E-state index in [2.05, 4.69) is 4.98 Å². The number of rotatable bonds is 3. The van der Waals surface area contributed by atoms with E-state index < -0.39 is 0 Å². The van der Waals surface area contributed by atoms with Crippen LogP contribution in [-0.2, 0) is 0 Å². The molecule has 0 saturated carbocycles. The minimum absolute atomic E-state index is 0.0867. The van der Waals surface area contributed by atoms with Crippen LogP contribution in [0.5, 0.6) is 0 Å². The number of carbonyl (C=O) groups is 1. The lowest BCUT2D eigenvalue weighted by Crippen LogP contribution is -2.06. The lowest BCUT2D eigenvalue weighted by molar-refractivity contribution is 0.103. The molecule has 16 heavy (non-hydrogen) atoms. The van der Waals surface area contributed by atoms with Crippen LogP contribution in [0.25, 0.3) is 5.69 Å². The van der Waals surface area contributed by atoms with Crippen LogP contribution in [0.1, 0.15) is 17.5 Å². The Hall–Kier alpha value is -2.16. The van der Waals surface area contributed by atoms with Gasteiger partial charge in [0.1, 0.15) is 0 Å². The molecule has 3 heteroatoms. The van der Waals surface area contributed by atoms with E-state index in [9.17, 15) is 4.79 Å². The predicted molar refractivity (Wildman–Crippen MR) is 62.7 cm³/mol. The lowest BCUT2D eigenvalue weighted by Gasteiger charge is -2.04. The molecule has 0 fully saturated rings. The Labute approximate surface area is 94.1 Å². The summed E-state index contributed by atoms with van der Waals surface area (Å²) in [7, 11) is 0. The molecule has 0 aliphatic carbocycles. The fraction of sp³-hybridized carbons (Fsp3) is 0.0769. The predicted octanol–water partition coefficient (Wildman–Crippen LogP) is 2.63. The molecule has 0 radical (unpaired) electrons. The number of nitrogens with zero attached hydrogens (tertiary/aromatic N) is 2. The number of aromatic nitrogens is 2. The smallest absolute Gasteiger partial charge is 0.221 e. The second-order valence-electron chi connectivity index (χ2n) is 3.32. The van der Waals surface area contributed by atoms with E-state index >= 15 is 0 Å². The van der Waals surface area contributed by atoms with Crippen molar-refractivity contribution < 1.29 is 4.79 Å². The van der Waals surface area contributed by atoms with Crippen molar-refractivity contribution in [2.24, 2.45) is 0 Å². The van der Waals surface area contributed by atoms with E-state index in [1.54, 1.807) is 23.0 Å². The summed E-state index contributed by atoms with van der Waals surface area (Å²) in [5.74, 6) is 0.348. The van der Waals surface area contributed by atoms with Crippen LogP contribution in [-0.4, -0.2) is 15.3 Å². The standard InChI is InChI=1S/C13H12N2O/c1-2-6-12(16)13-14-9-10-15(13)11-7-4-3-5-8-11/h2-10H,1H3/b6-2+. The highest BCUT2D eigenvalue weighted by Gasteiger charge is 2.10. The Morgan fingerprint density at radius 2 is 2.06 bits per heavy atom. The van der Waals surface area contributed by atoms with Crippen molar-refractivity contribution in [2.45, 2.75) is 6.92 Å². The van der Waals surface area contributed by atoms with Crippen LogP contribution in [0, 0.1) is 0 Å². The van der Waals surface area contributed by atoms with Crippen LogP contribution >= 0.6 is 0 Å². The number of para-hydroxylation sites is 1. The third-order valence-corrected chi connectivity index (χ3v) is 2.21. The van der Waals surface area contributed by atoms with Crippen LogP contribution in [0.3, 0.4) is 0 Å². The van der Waals surface area contributed by atoms with Crippen molar-refractivity contribution in [3.05, 3.63) is 60.7 Å². The van der Waals surface area contributed by atoms with Gasteiger partial charge in [0.25, 0.3) is 0 Å². The zero-order valence-corrected chi connectivity index (χ0v) is 9.00. The first kappa shape index (κ1) is 10.4. The van der Waals surface area contributed by atoms with Gasteiger partial charge in [-0.25, -0.2) is 4.98 Å². The molecule has 0 aliphatic rings. The third kappa shape index (κ3) is 1.93. The van der Waals surface area contributed by atoms with E-state index in [0.29, 0.717) is 5.82 Å². The van der Waals surface area contributed by atoms with E-state index in [0.717, 1.165) is 5.69 Å². The second kappa shape index (κ2) is 4.57. The number of carbonyl (C=O) groups excluding carboxylic acids is 1. The lowest BCUT2D eigenvalue weighted by atomic mass is 10.3. The van der Waals surface area contributed by atoms with Crippen molar-refractivity contribution in [3.63, 3.8) is 0 Å². The van der Waals surface area contributed by atoms with E-state index in [1.165, 1.54) is 6.08 Å². The summed E-state index contributed by atoms with van der Waals surface area (Å²) in [6.45, 7) is 1.81. The summed E-state index contributed by atoms with van der Waals surface area (Å²) in [5, 5.41) is 0. The van der Waals surface area contributed by atoms with Gasteiger partial charge >= 0.3 is 0 Å². The van der Waals surface area contributed by atoms with E-state index in [-0.39, 0.29) is 5.78 Å². The van der Waals surface area contributed by atoms with Crippen molar-refractivity contribution in [1.29, 1.82) is 0 Å². The largest absolute Gasteiger partial charge is 0.297 e. The van der Waals surface area contributed by atoms with Gasteiger partial charge in [-0.2, -0.15) is 0 Å². The molecule has 0 atom stereocenters. The third-order valence-electron chi connectivity index (χ3n) is 2.21. The molecule has 1 heterocycles. The molecule has 80 valence electrons. The van der Waals surface area contributed by atoms with E-state index in [4.69, 9.17) is 0 Å². The Balaban J connectivity index is 2.44. The maximum atomic E-state index is 11.7. The molecule has 2 rings (SSSR count). The number of benzene rings is 1. The van der Waals surface area contributed by atoms with Gasteiger partial charge in [-0.05, 0) is 25.1 Å². The summed E-state index contributed by atoms with van der Waals surface area (Å²) >= 11 is 0. The van der Waals surface area contributed by atoms with Crippen LogP contribution in [0.4, 0.5) is 0 Å². The molecule has 0 unspecified atom stereocenters. The molecule has 0 aliphatic heterocycles. The zero-order valence-electron chi connectivity index (χ0n) is 9.00. The van der Waals surface area contributed by atoms with Crippen molar-refractivity contribution in [2.75, 3.05) is 0 Å². The van der Waals surface area contributed by atoms with Crippen LogP contribution in [0.2, 0.25) is 0 Å². The Morgan fingerprint density at radius 1 is 1.31 bits per heavy atom. The zero-order chi connectivity index (χ0) is 11.4. The second-order valence-corrected chi connectivity index (χ2v) is 3.32. The Bertz CT molecular complexity index is 512. The van der Waals surface area contributed by atoms with Gasteiger partial charge in [0.2, 0.25) is 5.78 Å². The highest BCUT2D eigenvalue weighted by molar-refractivity contribution is 6.02. The summed E-state index contributed by atoms with van der Waals surface area (Å²) in [4.78, 5) is 15.8. The maximum Gasteiger partial charge on any atom is 0.221 e. The van der Waals surface area contributed by atoms with Crippen molar-refractivity contribution >= 4 is 5.78 Å². The first-order valence-corrected chi connectivity index (χ1v) is 5.08. The highest BCUT2D eigenvalue weighted by Crippen LogP contribution is 2.10. The number of imidazole rings is 1. The van der Waals surface area contributed by atoms with Gasteiger partial charge in [-0.1, -0.05) is 24.3 Å². The molecule has 0 bridgehead atoms. The van der Waals surface area contributed by atoms with Gasteiger partial charge < -0.3 is 0 Å². The van der Waals surface area contributed by atoms with Gasteiger partial charge in [-0.3, -0.25) is 9.36 Å². The minimum Gasteiger partial charge on any atom is -0.297 e. The van der Waals surface area contributed by atoms with Gasteiger partial charge in [0, 0.05) is 18.1 Å². The molecule has 0 amide bonds. The van der Waals surface area contributed by atoms with Gasteiger partial charge in [0.15, 0.2) is 5.82 Å². The highest BCUT2D eigenvalue weighted by atomic mass is 16.1. The minimum atomic E-state index is -0.0867. The molecule has 1 aromatic carbocycles. The molecule has 3 nitrogen and oxygen atoms in total. The fourth-order valence-electron chi connectivity index (χ4n) is 1.51. The number of hydrogen-bond donors (Lipinski definition) is 0. The topological polar surface area (TPSA) is 34.9 Å². The molecular weight excluding hydrogens is 200 g/mol. The van der Waals surface area contributed by atoms with Crippen LogP contribution < -0.4 is 0 Å². The van der Waals surface area contributed by atoms with Crippen LogP contribution in [0.15, 0.2) is 54.9 Å². The summed E-state index contributed by atoms with van der Waals surface area (Å²) in [6.07, 6.45) is 6.64. The summed E-state index contributed by atoms with van der Waals surface area (Å²) < 4.78 is 1.78. The SMILES string of the molecule is C/C=C/C(=O)c1nccn1-c1ccccc1. The van der Waals surface area contributed by atoms with Gasteiger partial charge in [-0.15, -0.1) is 0 Å². The average Bonchev–Trinajstić information content (AvgIpc) is 2.79. The Kier molecular flexibility index (Phi) is 2.96. The van der Waals surface area contributed by atoms with E-state index in [1.807, 2.05) is 37.3 Å². The summed E-state index contributed by atoms with van der Waals surface area (Å²) in [5.41, 5.74) is 0.938. The first-order chi connectivity index (χ1) is 7.83.